The maximum Gasteiger partial charge on any atom is 0.416 e. The van der Waals surface area contributed by atoms with E-state index < -0.39 is 11.7 Å². The van der Waals surface area contributed by atoms with Crippen molar-refractivity contribution in [1.82, 2.24) is 9.55 Å². The number of alkyl halides is 3. The summed E-state index contributed by atoms with van der Waals surface area (Å²) in [6.07, 6.45) is -4.41. The number of thiocarbonyl (C=S) groups is 1. The van der Waals surface area contributed by atoms with Gasteiger partial charge in [0.05, 0.1) is 16.6 Å². The van der Waals surface area contributed by atoms with E-state index in [1.807, 2.05) is 24.3 Å². The van der Waals surface area contributed by atoms with E-state index in [2.05, 4.69) is 10.3 Å². The number of rotatable bonds is 1. The molecule has 0 unspecified atom stereocenters. The minimum atomic E-state index is -4.41. The number of para-hydroxylation sites is 2. The lowest BCUT2D eigenvalue weighted by molar-refractivity contribution is -0.137. The average molecular weight is 353 g/mol. The van der Waals surface area contributed by atoms with E-state index in [0.29, 0.717) is 4.77 Å². The summed E-state index contributed by atoms with van der Waals surface area (Å²) in [5.74, 6) is 0. The number of hydrogen-bond donors (Lipinski definition) is 2. The van der Waals surface area contributed by atoms with Crippen molar-refractivity contribution in [2.45, 2.75) is 6.18 Å². The van der Waals surface area contributed by atoms with Crippen LogP contribution in [-0.4, -0.2) is 14.7 Å². The highest BCUT2D eigenvalue weighted by molar-refractivity contribution is 7.80. The van der Waals surface area contributed by atoms with E-state index in [-0.39, 0.29) is 10.8 Å². The van der Waals surface area contributed by atoms with Gasteiger partial charge in [-0.05, 0) is 54.8 Å². The summed E-state index contributed by atoms with van der Waals surface area (Å²) in [6.45, 7) is 0. The Morgan fingerprint density at radius 2 is 1.83 bits per heavy atom. The molecule has 0 aliphatic heterocycles. The second-order valence-electron chi connectivity index (χ2n) is 4.79. The number of anilines is 1. The number of nitrogens with one attached hydrogen (secondary N) is 2. The second kappa shape index (κ2) is 5.78. The van der Waals surface area contributed by atoms with Gasteiger partial charge in [-0.25, -0.2) is 0 Å². The van der Waals surface area contributed by atoms with Crippen LogP contribution in [0.5, 0.6) is 0 Å². The lowest BCUT2D eigenvalue weighted by atomic mass is 10.2. The summed E-state index contributed by atoms with van der Waals surface area (Å²) in [4.78, 5) is 3.00. The predicted octanol–water partition coefficient (Wildman–Crippen LogP) is 4.96. The van der Waals surface area contributed by atoms with Crippen LogP contribution in [0.3, 0.4) is 0 Å². The van der Waals surface area contributed by atoms with Gasteiger partial charge in [-0.3, -0.25) is 4.57 Å². The summed E-state index contributed by atoms with van der Waals surface area (Å²) in [7, 11) is 0. The molecule has 1 aromatic heterocycles. The van der Waals surface area contributed by atoms with Gasteiger partial charge in [0.1, 0.15) is 0 Å². The van der Waals surface area contributed by atoms with Crippen molar-refractivity contribution in [3.05, 3.63) is 58.9 Å². The molecule has 0 saturated carbocycles. The zero-order valence-corrected chi connectivity index (χ0v) is 13.1. The van der Waals surface area contributed by atoms with Crippen LogP contribution in [0.1, 0.15) is 5.56 Å². The van der Waals surface area contributed by atoms with Gasteiger partial charge < -0.3 is 10.3 Å². The van der Waals surface area contributed by atoms with Crippen molar-refractivity contribution in [1.29, 1.82) is 0 Å². The molecule has 0 aliphatic rings. The van der Waals surface area contributed by atoms with Crippen LogP contribution < -0.4 is 5.32 Å². The van der Waals surface area contributed by atoms with Crippen molar-refractivity contribution in [3.63, 3.8) is 0 Å². The van der Waals surface area contributed by atoms with Crippen LogP contribution in [-0.2, 0) is 6.18 Å². The van der Waals surface area contributed by atoms with Crippen LogP contribution in [0.2, 0.25) is 0 Å². The van der Waals surface area contributed by atoms with Crippen molar-refractivity contribution in [3.8, 4) is 0 Å². The SMILES string of the molecule is FC(F)(F)c1cccc(NC(=S)n2c(=S)[nH]c3ccccc32)c1. The molecule has 2 aromatic carbocycles. The summed E-state index contributed by atoms with van der Waals surface area (Å²) < 4.78 is 40.2. The molecule has 1 heterocycles. The van der Waals surface area contributed by atoms with E-state index in [1.165, 1.54) is 12.1 Å². The summed E-state index contributed by atoms with van der Waals surface area (Å²) >= 11 is 10.5. The van der Waals surface area contributed by atoms with E-state index in [9.17, 15) is 13.2 Å². The fraction of sp³-hybridized carbons (Fsp3) is 0.0667. The van der Waals surface area contributed by atoms with Crippen LogP contribution >= 0.6 is 24.4 Å². The van der Waals surface area contributed by atoms with Gasteiger partial charge >= 0.3 is 6.18 Å². The third kappa shape index (κ3) is 3.13. The Morgan fingerprint density at radius 1 is 1.09 bits per heavy atom. The summed E-state index contributed by atoms with van der Waals surface area (Å²) in [5.41, 5.74) is 1.05. The Morgan fingerprint density at radius 3 is 2.57 bits per heavy atom. The predicted molar refractivity (Wildman–Crippen MR) is 90.2 cm³/mol. The molecule has 3 nitrogen and oxygen atoms in total. The first-order valence-electron chi connectivity index (χ1n) is 6.54. The minimum absolute atomic E-state index is 0.201. The molecule has 0 saturated heterocycles. The highest BCUT2D eigenvalue weighted by atomic mass is 32.1. The molecule has 3 aromatic rings. The van der Waals surface area contributed by atoms with Gasteiger partial charge in [-0.1, -0.05) is 18.2 Å². The number of fused-ring (bicyclic) bond motifs is 1. The number of nitrogens with zero attached hydrogens (tertiary/aromatic N) is 1. The number of aromatic amines is 1. The molecule has 0 aliphatic carbocycles. The van der Waals surface area contributed by atoms with E-state index in [1.54, 1.807) is 4.57 Å². The number of hydrogen-bond acceptors (Lipinski definition) is 2. The molecule has 0 radical (unpaired) electrons. The first-order chi connectivity index (χ1) is 10.9. The molecule has 0 spiro atoms. The van der Waals surface area contributed by atoms with Gasteiger partial charge in [-0.15, -0.1) is 0 Å². The quantitative estimate of drug-likeness (QED) is 0.607. The third-order valence-corrected chi connectivity index (χ3v) is 3.80. The monoisotopic (exact) mass is 353 g/mol. The third-order valence-electron chi connectivity index (χ3n) is 3.23. The lowest BCUT2D eigenvalue weighted by Crippen LogP contribution is -2.19. The maximum absolute atomic E-state index is 12.8. The molecule has 3 rings (SSSR count). The molecule has 0 fully saturated rings. The number of H-pyrrole nitrogens is 1. The number of benzene rings is 2. The maximum atomic E-state index is 12.8. The normalized spacial score (nSPS) is 11.6. The smallest absolute Gasteiger partial charge is 0.332 e. The van der Waals surface area contributed by atoms with Crippen molar-refractivity contribution < 1.29 is 13.2 Å². The second-order valence-corrected chi connectivity index (χ2v) is 5.56. The first-order valence-corrected chi connectivity index (χ1v) is 7.36. The van der Waals surface area contributed by atoms with Crippen molar-refractivity contribution in [2.75, 3.05) is 5.32 Å². The Kier molecular flexibility index (Phi) is 3.95. The molecule has 118 valence electrons. The minimum Gasteiger partial charge on any atom is -0.332 e. The zero-order valence-electron chi connectivity index (χ0n) is 11.5. The van der Waals surface area contributed by atoms with Gasteiger partial charge in [0, 0.05) is 5.69 Å². The number of aromatic nitrogens is 2. The van der Waals surface area contributed by atoms with Crippen LogP contribution in [0, 0.1) is 4.77 Å². The lowest BCUT2D eigenvalue weighted by Gasteiger charge is -2.12. The Balaban J connectivity index is 1.96. The Bertz CT molecular complexity index is 941. The van der Waals surface area contributed by atoms with E-state index in [0.717, 1.165) is 23.2 Å². The standard InChI is InChI=1S/C15H10F3N3S2/c16-15(17,18)9-4-3-5-10(8-9)19-13(22)21-12-7-2-1-6-11(12)20-14(21)23/h1-8H,(H,19,22)(H,20,23). The fourth-order valence-electron chi connectivity index (χ4n) is 2.21. The average Bonchev–Trinajstić information content (AvgIpc) is 2.82. The number of halogens is 3. The zero-order chi connectivity index (χ0) is 16.6. The highest BCUT2D eigenvalue weighted by Crippen LogP contribution is 2.30. The van der Waals surface area contributed by atoms with Gasteiger partial charge in [0.2, 0.25) is 0 Å². The summed E-state index contributed by atoms with van der Waals surface area (Å²) in [6, 6.07) is 12.2. The molecule has 8 heteroatoms. The molecule has 0 bridgehead atoms. The molecular formula is C15H10F3N3S2. The van der Waals surface area contributed by atoms with Crippen LogP contribution in [0.4, 0.5) is 18.9 Å². The molecule has 0 atom stereocenters. The molecule has 23 heavy (non-hydrogen) atoms. The number of imidazole rings is 1. The summed E-state index contributed by atoms with van der Waals surface area (Å²) in [5, 5.41) is 3.00. The highest BCUT2D eigenvalue weighted by Gasteiger charge is 2.30. The topological polar surface area (TPSA) is 32.8 Å². The van der Waals surface area contributed by atoms with Crippen LogP contribution in [0.15, 0.2) is 48.5 Å². The molecule has 0 amide bonds. The Hall–Kier alpha value is -2.19. The van der Waals surface area contributed by atoms with Gasteiger partial charge in [0.15, 0.2) is 9.88 Å². The van der Waals surface area contributed by atoms with Gasteiger partial charge in [0.25, 0.3) is 0 Å². The van der Waals surface area contributed by atoms with Crippen LogP contribution in [0.25, 0.3) is 11.0 Å². The largest absolute Gasteiger partial charge is 0.416 e. The molecular weight excluding hydrogens is 343 g/mol. The van der Waals surface area contributed by atoms with Gasteiger partial charge in [-0.2, -0.15) is 13.2 Å². The first kappa shape index (κ1) is 15.7. The fourth-order valence-corrected chi connectivity index (χ4v) is 2.87. The van der Waals surface area contributed by atoms with E-state index >= 15 is 0 Å². The molecule has 2 N–H and O–H groups in total. The Labute approximate surface area is 139 Å². The van der Waals surface area contributed by atoms with Crippen molar-refractivity contribution >= 4 is 46.3 Å². The van der Waals surface area contributed by atoms with E-state index in [4.69, 9.17) is 24.4 Å². The van der Waals surface area contributed by atoms with Crippen molar-refractivity contribution in [2.24, 2.45) is 0 Å².